The van der Waals surface area contributed by atoms with E-state index in [0.717, 1.165) is 6.21 Å². The van der Waals surface area contributed by atoms with Gasteiger partial charge in [-0.25, -0.2) is 0 Å². The molecule has 0 saturated heterocycles. The molecule has 0 saturated carbocycles. The molecule has 0 fully saturated rings. The number of nitrogens with one attached hydrogen (secondary N) is 1. The number of hydrogen-bond acceptors (Lipinski definition) is 5. The molecule has 0 bridgehead atoms. The predicted octanol–water partition coefficient (Wildman–Crippen LogP) is 2.90. The van der Waals surface area contributed by atoms with Gasteiger partial charge in [-0.05, 0) is 36.6 Å². The van der Waals surface area contributed by atoms with E-state index in [1.54, 1.807) is 37.3 Å². The standard InChI is InChI=1S/C21H19N5O2/c1-13(25-20(24)15(11-22)12-23)17-10-14-6-5-9-18(27)19(14)21(28)26(17)16-7-3-2-4-8-16/h2-11,13,15,22,27H,1H3,(H2,24,25). The van der Waals surface area contributed by atoms with Gasteiger partial charge in [0.2, 0.25) is 0 Å². The number of phenolic OH excluding ortho intramolecular Hbond substituents is 1. The van der Waals surface area contributed by atoms with Crippen molar-refractivity contribution in [1.82, 2.24) is 4.57 Å². The summed E-state index contributed by atoms with van der Waals surface area (Å²) in [4.78, 5) is 17.6. The van der Waals surface area contributed by atoms with E-state index in [1.165, 1.54) is 10.6 Å². The van der Waals surface area contributed by atoms with Gasteiger partial charge in [0.1, 0.15) is 17.5 Å². The second kappa shape index (κ2) is 7.76. The average Bonchev–Trinajstić information content (AvgIpc) is 2.69. The Morgan fingerprint density at radius 2 is 2.00 bits per heavy atom. The Balaban J connectivity index is 2.30. The van der Waals surface area contributed by atoms with Crippen molar-refractivity contribution in [3.05, 3.63) is 70.6 Å². The molecular weight excluding hydrogens is 354 g/mol. The number of amidine groups is 1. The van der Waals surface area contributed by atoms with E-state index < -0.39 is 12.0 Å². The van der Waals surface area contributed by atoms with Crippen LogP contribution < -0.4 is 11.3 Å². The van der Waals surface area contributed by atoms with Gasteiger partial charge in [0.25, 0.3) is 5.56 Å². The number of para-hydroxylation sites is 1. The van der Waals surface area contributed by atoms with E-state index >= 15 is 0 Å². The van der Waals surface area contributed by atoms with Gasteiger partial charge in [-0.2, -0.15) is 5.26 Å². The van der Waals surface area contributed by atoms with E-state index in [2.05, 4.69) is 4.99 Å². The summed E-state index contributed by atoms with van der Waals surface area (Å²) in [6.07, 6.45) is 0.925. The molecule has 0 aliphatic heterocycles. The summed E-state index contributed by atoms with van der Waals surface area (Å²) in [6.45, 7) is 1.76. The van der Waals surface area contributed by atoms with Crippen LogP contribution in [0.4, 0.5) is 0 Å². The lowest BCUT2D eigenvalue weighted by atomic mass is 10.1. The van der Waals surface area contributed by atoms with Crippen LogP contribution in [0.3, 0.4) is 0 Å². The van der Waals surface area contributed by atoms with Crippen LogP contribution in [0.15, 0.2) is 64.4 Å². The van der Waals surface area contributed by atoms with Crippen molar-refractivity contribution in [2.75, 3.05) is 0 Å². The van der Waals surface area contributed by atoms with Gasteiger partial charge in [0.05, 0.1) is 23.2 Å². The van der Waals surface area contributed by atoms with Gasteiger partial charge in [-0.3, -0.25) is 14.4 Å². The fraction of sp³-hybridized carbons (Fsp3) is 0.143. The van der Waals surface area contributed by atoms with Crippen molar-refractivity contribution < 1.29 is 5.11 Å². The number of aromatic nitrogens is 1. The van der Waals surface area contributed by atoms with Crippen molar-refractivity contribution >= 4 is 22.8 Å². The van der Waals surface area contributed by atoms with Crippen LogP contribution in [0.2, 0.25) is 0 Å². The minimum Gasteiger partial charge on any atom is -0.507 e. The smallest absolute Gasteiger partial charge is 0.267 e. The maximum atomic E-state index is 13.2. The number of fused-ring (bicyclic) bond motifs is 1. The molecule has 0 amide bonds. The van der Waals surface area contributed by atoms with Crippen LogP contribution in [-0.4, -0.2) is 21.7 Å². The summed E-state index contributed by atoms with van der Waals surface area (Å²) in [5.41, 5.74) is 6.69. The fourth-order valence-corrected chi connectivity index (χ4v) is 3.07. The number of nitrogens with two attached hydrogens (primary N) is 1. The van der Waals surface area contributed by atoms with Crippen LogP contribution >= 0.6 is 0 Å². The van der Waals surface area contributed by atoms with Gasteiger partial charge < -0.3 is 16.2 Å². The lowest BCUT2D eigenvalue weighted by Crippen LogP contribution is -2.26. The van der Waals surface area contributed by atoms with E-state index in [9.17, 15) is 9.90 Å². The molecule has 1 heterocycles. The second-order valence-electron chi connectivity index (χ2n) is 6.29. The third-order valence-corrected chi connectivity index (χ3v) is 4.46. The average molecular weight is 373 g/mol. The first kappa shape index (κ1) is 18.9. The van der Waals surface area contributed by atoms with Crippen LogP contribution in [0.5, 0.6) is 5.75 Å². The van der Waals surface area contributed by atoms with E-state index in [-0.39, 0.29) is 22.5 Å². The fourth-order valence-electron chi connectivity index (χ4n) is 3.07. The van der Waals surface area contributed by atoms with Crippen molar-refractivity contribution in [2.45, 2.75) is 13.0 Å². The Labute approximate surface area is 161 Å². The number of nitrogens with zero attached hydrogens (tertiary/aromatic N) is 3. The number of phenols is 1. The number of benzene rings is 2. The summed E-state index contributed by atoms with van der Waals surface area (Å²) >= 11 is 0. The number of nitriles is 1. The van der Waals surface area contributed by atoms with Crippen LogP contribution in [0.25, 0.3) is 16.5 Å². The van der Waals surface area contributed by atoms with Crippen molar-refractivity contribution in [1.29, 1.82) is 10.7 Å². The quantitative estimate of drug-likeness (QED) is 0.469. The molecule has 7 nitrogen and oxygen atoms in total. The largest absolute Gasteiger partial charge is 0.507 e. The van der Waals surface area contributed by atoms with Crippen LogP contribution in [0, 0.1) is 22.7 Å². The molecule has 0 aliphatic rings. The Morgan fingerprint density at radius 1 is 1.29 bits per heavy atom. The summed E-state index contributed by atoms with van der Waals surface area (Å²) in [7, 11) is 0. The highest BCUT2D eigenvalue weighted by Gasteiger charge is 2.19. The number of rotatable bonds is 5. The lowest BCUT2D eigenvalue weighted by Gasteiger charge is -2.18. The molecule has 0 spiro atoms. The maximum Gasteiger partial charge on any atom is 0.267 e. The Morgan fingerprint density at radius 3 is 2.64 bits per heavy atom. The van der Waals surface area contributed by atoms with Crippen molar-refractivity contribution in [3.8, 4) is 17.5 Å². The van der Waals surface area contributed by atoms with E-state index in [0.29, 0.717) is 16.8 Å². The number of hydrogen-bond donors (Lipinski definition) is 3. The van der Waals surface area contributed by atoms with E-state index in [1.807, 2.05) is 24.3 Å². The predicted molar refractivity (Wildman–Crippen MR) is 109 cm³/mol. The molecule has 28 heavy (non-hydrogen) atoms. The van der Waals surface area contributed by atoms with Crippen LogP contribution in [0.1, 0.15) is 18.7 Å². The molecule has 140 valence electrons. The number of aromatic hydroxyl groups is 1. The highest BCUT2D eigenvalue weighted by molar-refractivity contribution is 5.98. The molecule has 3 rings (SSSR count). The zero-order chi connectivity index (χ0) is 20.3. The molecule has 4 N–H and O–H groups in total. The minimum atomic E-state index is -0.927. The Kier molecular flexibility index (Phi) is 5.23. The normalized spacial score (nSPS) is 13.6. The molecule has 3 aromatic rings. The maximum absolute atomic E-state index is 13.2. The van der Waals surface area contributed by atoms with E-state index in [4.69, 9.17) is 16.4 Å². The number of pyridine rings is 1. The summed E-state index contributed by atoms with van der Waals surface area (Å²) in [5, 5.41) is 27.4. The zero-order valence-corrected chi connectivity index (χ0v) is 15.2. The summed E-state index contributed by atoms with van der Waals surface area (Å²) in [6, 6.07) is 17.0. The molecule has 7 heteroatoms. The molecular formula is C21H19N5O2. The zero-order valence-electron chi connectivity index (χ0n) is 15.2. The van der Waals surface area contributed by atoms with Gasteiger partial charge in [-0.1, -0.05) is 30.3 Å². The van der Waals surface area contributed by atoms with Gasteiger partial charge >= 0.3 is 0 Å². The summed E-state index contributed by atoms with van der Waals surface area (Å²) < 4.78 is 1.48. The number of aliphatic imine (C=N–C) groups is 1. The van der Waals surface area contributed by atoms with Gasteiger partial charge in [0.15, 0.2) is 0 Å². The van der Waals surface area contributed by atoms with Crippen molar-refractivity contribution in [3.63, 3.8) is 0 Å². The second-order valence-corrected chi connectivity index (χ2v) is 6.29. The third-order valence-electron chi connectivity index (χ3n) is 4.46. The minimum absolute atomic E-state index is 0.00747. The molecule has 0 aliphatic carbocycles. The monoisotopic (exact) mass is 373 g/mol. The molecule has 2 atom stereocenters. The molecule has 0 radical (unpaired) electrons. The highest BCUT2D eigenvalue weighted by atomic mass is 16.3. The lowest BCUT2D eigenvalue weighted by molar-refractivity contribution is 0.481. The molecule has 2 unspecified atom stereocenters. The Hall–Kier alpha value is -3.92. The Bertz CT molecular complexity index is 1160. The first-order valence-electron chi connectivity index (χ1n) is 8.64. The van der Waals surface area contributed by atoms with Gasteiger partial charge in [0, 0.05) is 11.9 Å². The molecule has 2 aromatic carbocycles. The highest BCUT2D eigenvalue weighted by Crippen LogP contribution is 2.27. The topological polar surface area (TPSA) is 128 Å². The first-order chi connectivity index (χ1) is 13.5. The van der Waals surface area contributed by atoms with Crippen LogP contribution in [-0.2, 0) is 0 Å². The summed E-state index contributed by atoms with van der Waals surface area (Å²) in [5.74, 6) is -1.01. The van der Waals surface area contributed by atoms with Gasteiger partial charge in [-0.15, -0.1) is 0 Å². The SMILES string of the molecule is CC(N=C(N)C(C#N)C=N)c1cc2cccc(O)c2c(=O)n1-c1ccccc1. The molecule has 1 aromatic heterocycles. The third kappa shape index (κ3) is 3.35. The first-order valence-corrected chi connectivity index (χ1v) is 8.64. The van der Waals surface area contributed by atoms with Crippen molar-refractivity contribution in [2.24, 2.45) is 16.6 Å².